The number of hydrogen-bond acceptors (Lipinski definition) is 4. The van der Waals surface area contributed by atoms with Crippen LogP contribution in [0.1, 0.15) is 13.8 Å². The first-order chi connectivity index (χ1) is 9.24. The molecule has 0 aliphatic rings. The van der Waals surface area contributed by atoms with E-state index in [2.05, 4.69) is 29.0 Å². The van der Waals surface area contributed by atoms with Crippen molar-refractivity contribution in [3.05, 3.63) is 30.5 Å². The number of anilines is 2. The fraction of sp³-hybridized carbons (Fsp3) is 0.400. The molecule has 1 aromatic carbocycles. The van der Waals surface area contributed by atoms with Gasteiger partial charge in [0, 0.05) is 36.0 Å². The Bertz CT molecular complexity index is 535. The van der Waals surface area contributed by atoms with Crippen molar-refractivity contribution >= 4 is 22.3 Å². The van der Waals surface area contributed by atoms with Gasteiger partial charge in [-0.05, 0) is 37.4 Å². The van der Waals surface area contributed by atoms with Crippen molar-refractivity contribution in [1.29, 1.82) is 0 Å². The summed E-state index contributed by atoms with van der Waals surface area (Å²) in [7, 11) is 0. The summed E-state index contributed by atoms with van der Waals surface area (Å²) >= 11 is 0. The first kappa shape index (κ1) is 13.6. The fourth-order valence-corrected chi connectivity index (χ4v) is 2.21. The van der Waals surface area contributed by atoms with Crippen molar-refractivity contribution in [3.8, 4) is 0 Å². The quantitative estimate of drug-likeness (QED) is 0.782. The van der Waals surface area contributed by atoms with Crippen LogP contribution in [0.5, 0.6) is 0 Å². The van der Waals surface area contributed by atoms with E-state index >= 15 is 0 Å². The second kappa shape index (κ2) is 6.38. The summed E-state index contributed by atoms with van der Waals surface area (Å²) < 4.78 is 0. The molecule has 0 aliphatic heterocycles. The summed E-state index contributed by atoms with van der Waals surface area (Å²) in [6, 6.07) is 7.82. The van der Waals surface area contributed by atoms with Crippen LogP contribution in [0, 0.1) is 0 Å². The summed E-state index contributed by atoms with van der Waals surface area (Å²) in [5.41, 5.74) is 8.70. The smallest absolute Gasteiger partial charge is 0.0724 e. The molecule has 1 heterocycles. The standard InChI is InChI=1S/C15H22N4/c1-3-19(4-2)10-9-18-15-7-8-17-14-6-5-12(16)11-13(14)15/h5-8,11H,3-4,9-10,16H2,1-2H3,(H,17,18). The number of rotatable bonds is 6. The van der Waals surface area contributed by atoms with E-state index in [0.29, 0.717) is 0 Å². The second-order valence-corrected chi connectivity index (χ2v) is 4.59. The molecule has 3 N–H and O–H groups in total. The molecule has 4 nitrogen and oxygen atoms in total. The van der Waals surface area contributed by atoms with Gasteiger partial charge in [-0.1, -0.05) is 13.8 Å². The third-order valence-electron chi connectivity index (χ3n) is 3.40. The van der Waals surface area contributed by atoms with Gasteiger partial charge in [-0.25, -0.2) is 0 Å². The van der Waals surface area contributed by atoms with Crippen LogP contribution in [0.2, 0.25) is 0 Å². The predicted molar refractivity (Wildman–Crippen MR) is 82.4 cm³/mol. The van der Waals surface area contributed by atoms with Gasteiger partial charge in [-0.3, -0.25) is 4.98 Å². The number of nitrogens with two attached hydrogens (primary N) is 1. The molecule has 0 aliphatic carbocycles. The highest BCUT2D eigenvalue weighted by Crippen LogP contribution is 2.23. The van der Waals surface area contributed by atoms with Crippen molar-refractivity contribution in [3.63, 3.8) is 0 Å². The summed E-state index contributed by atoms with van der Waals surface area (Å²) in [4.78, 5) is 6.75. The lowest BCUT2D eigenvalue weighted by Crippen LogP contribution is -2.28. The lowest BCUT2D eigenvalue weighted by Gasteiger charge is -2.18. The normalized spacial score (nSPS) is 11.1. The lowest BCUT2D eigenvalue weighted by atomic mass is 10.1. The third-order valence-corrected chi connectivity index (χ3v) is 3.40. The van der Waals surface area contributed by atoms with Gasteiger partial charge < -0.3 is 16.0 Å². The Morgan fingerprint density at radius 3 is 2.74 bits per heavy atom. The van der Waals surface area contributed by atoms with Crippen LogP contribution in [0.25, 0.3) is 10.9 Å². The molecule has 0 amide bonds. The van der Waals surface area contributed by atoms with E-state index in [4.69, 9.17) is 5.73 Å². The molecule has 102 valence electrons. The van der Waals surface area contributed by atoms with Gasteiger partial charge in [-0.2, -0.15) is 0 Å². The van der Waals surface area contributed by atoms with Crippen molar-refractivity contribution in [1.82, 2.24) is 9.88 Å². The number of nitrogen functional groups attached to an aromatic ring is 1. The average molecular weight is 258 g/mol. The zero-order chi connectivity index (χ0) is 13.7. The number of pyridine rings is 1. The van der Waals surface area contributed by atoms with Crippen LogP contribution in [0.4, 0.5) is 11.4 Å². The van der Waals surface area contributed by atoms with E-state index in [1.165, 1.54) is 0 Å². The molecule has 4 heteroatoms. The minimum atomic E-state index is 0.771. The second-order valence-electron chi connectivity index (χ2n) is 4.59. The van der Waals surface area contributed by atoms with E-state index < -0.39 is 0 Å². The largest absolute Gasteiger partial charge is 0.399 e. The van der Waals surface area contributed by atoms with Gasteiger partial charge >= 0.3 is 0 Å². The summed E-state index contributed by atoms with van der Waals surface area (Å²) in [5, 5.41) is 4.56. The highest BCUT2D eigenvalue weighted by atomic mass is 15.1. The monoisotopic (exact) mass is 258 g/mol. The van der Waals surface area contributed by atoms with Crippen molar-refractivity contribution in [2.24, 2.45) is 0 Å². The van der Waals surface area contributed by atoms with E-state index in [-0.39, 0.29) is 0 Å². The molecule has 0 fully saturated rings. The van der Waals surface area contributed by atoms with Crippen LogP contribution in [0.3, 0.4) is 0 Å². The van der Waals surface area contributed by atoms with E-state index in [9.17, 15) is 0 Å². The number of fused-ring (bicyclic) bond motifs is 1. The van der Waals surface area contributed by atoms with E-state index in [1.807, 2.05) is 30.5 Å². The Morgan fingerprint density at radius 1 is 1.21 bits per heavy atom. The molecule has 19 heavy (non-hydrogen) atoms. The van der Waals surface area contributed by atoms with Gasteiger partial charge in [0.25, 0.3) is 0 Å². The molecular weight excluding hydrogens is 236 g/mol. The zero-order valence-electron chi connectivity index (χ0n) is 11.7. The SMILES string of the molecule is CCN(CC)CCNc1ccnc2ccc(N)cc12. The zero-order valence-corrected chi connectivity index (χ0v) is 11.7. The van der Waals surface area contributed by atoms with Crippen molar-refractivity contribution < 1.29 is 0 Å². The maximum atomic E-state index is 5.85. The van der Waals surface area contributed by atoms with Crippen LogP contribution in [0.15, 0.2) is 30.5 Å². The molecule has 0 radical (unpaired) electrons. The third kappa shape index (κ3) is 3.35. The highest BCUT2D eigenvalue weighted by molar-refractivity contribution is 5.93. The Morgan fingerprint density at radius 2 is 2.00 bits per heavy atom. The minimum absolute atomic E-state index is 0.771. The van der Waals surface area contributed by atoms with Gasteiger partial charge in [0.2, 0.25) is 0 Å². The van der Waals surface area contributed by atoms with E-state index in [1.54, 1.807) is 0 Å². The molecular formula is C15H22N4. The molecule has 0 unspecified atom stereocenters. The summed E-state index contributed by atoms with van der Waals surface area (Å²) in [5.74, 6) is 0. The number of nitrogens with one attached hydrogen (secondary N) is 1. The van der Waals surface area contributed by atoms with Crippen LogP contribution < -0.4 is 11.1 Å². The fourth-order valence-electron chi connectivity index (χ4n) is 2.21. The Kier molecular flexibility index (Phi) is 4.58. The van der Waals surface area contributed by atoms with Crippen LogP contribution in [-0.2, 0) is 0 Å². The maximum absolute atomic E-state index is 5.85. The van der Waals surface area contributed by atoms with Gasteiger partial charge in [0.05, 0.1) is 5.52 Å². The van der Waals surface area contributed by atoms with Crippen molar-refractivity contribution in [2.75, 3.05) is 37.2 Å². The molecule has 2 rings (SSSR count). The van der Waals surface area contributed by atoms with Gasteiger partial charge in [0.15, 0.2) is 0 Å². The molecule has 0 atom stereocenters. The minimum Gasteiger partial charge on any atom is -0.399 e. The number of nitrogens with zero attached hydrogens (tertiary/aromatic N) is 2. The first-order valence-electron chi connectivity index (χ1n) is 6.85. The number of hydrogen-bond donors (Lipinski definition) is 2. The van der Waals surface area contributed by atoms with Crippen LogP contribution >= 0.6 is 0 Å². The number of likely N-dealkylation sites (N-methyl/N-ethyl adjacent to an activating group) is 1. The molecule has 1 aromatic heterocycles. The lowest BCUT2D eigenvalue weighted by molar-refractivity contribution is 0.316. The molecule has 0 bridgehead atoms. The summed E-state index contributed by atoms with van der Waals surface area (Å²) in [6.45, 7) is 8.51. The Balaban J connectivity index is 2.10. The molecule has 0 saturated carbocycles. The van der Waals surface area contributed by atoms with Gasteiger partial charge in [-0.15, -0.1) is 0 Å². The summed E-state index contributed by atoms with van der Waals surface area (Å²) in [6.07, 6.45) is 1.83. The van der Waals surface area contributed by atoms with Gasteiger partial charge in [0.1, 0.15) is 0 Å². The van der Waals surface area contributed by atoms with E-state index in [0.717, 1.165) is 48.5 Å². The van der Waals surface area contributed by atoms with Crippen molar-refractivity contribution in [2.45, 2.75) is 13.8 Å². The average Bonchev–Trinajstić information content (AvgIpc) is 2.44. The highest BCUT2D eigenvalue weighted by Gasteiger charge is 2.03. The Labute approximate surface area is 114 Å². The molecule has 0 spiro atoms. The maximum Gasteiger partial charge on any atom is 0.0724 e. The molecule has 0 saturated heterocycles. The predicted octanol–water partition coefficient (Wildman–Crippen LogP) is 2.57. The topological polar surface area (TPSA) is 54.2 Å². The molecule has 2 aromatic rings. The first-order valence-corrected chi connectivity index (χ1v) is 6.85. The Hall–Kier alpha value is -1.81. The van der Waals surface area contributed by atoms with Crippen LogP contribution in [-0.4, -0.2) is 36.1 Å². The number of aromatic nitrogens is 1. The number of benzene rings is 1.